The van der Waals surface area contributed by atoms with Gasteiger partial charge in [-0.15, -0.1) is 12.4 Å². The molecule has 1 amide bonds. The third-order valence-corrected chi connectivity index (χ3v) is 3.89. The van der Waals surface area contributed by atoms with Crippen LogP contribution in [0.25, 0.3) is 0 Å². The Bertz CT molecular complexity index is 252. The summed E-state index contributed by atoms with van der Waals surface area (Å²) in [5, 5.41) is 3.05. The van der Waals surface area contributed by atoms with Crippen molar-refractivity contribution in [3.63, 3.8) is 0 Å². The van der Waals surface area contributed by atoms with Gasteiger partial charge in [-0.1, -0.05) is 33.6 Å². The Morgan fingerprint density at radius 1 is 1.39 bits per heavy atom. The van der Waals surface area contributed by atoms with Gasteiger partial charge in [0.2, 0.25) is 5.91 Å². The zero-order chi connectivity index (χ0) is 12.9. The van der Waals surface area contributed by atoms with Crippen molar-refractivity contribution >= 4 is 18.3 Å². The second kappa shape index (κ2) is 8.00. The van der Waals surface area contributed by atoms with E-state index in [1.165, 1.54) is 32.1 Å². The minimum absolute atomic E-state index is 0. The van der Waals surface area contributed by atoms with E-state index < -0.39 is 0 Å². The predicted molar refractivity (Wildman–Crippen MR) is 78.9 cm³/mol. The van der Waals surface area contributed by atoms with E-state index in [4.69, 9.17) is 5.73 Å². The molecule has 18 heavy (non-hydrogen) atoms. The summed E-state index contributed by atoms with van der Waals surface area (Å²) in [5.74, 6) is 0.505. The van der Waals surface area contributed by atoms with Crippen molar-refractivity contribution in [2.75, 3.05) is 6.54 Å². The van der Waals surface area contributed by atoms with Gasteiger partial charge in [-0.25, -0.2) is 0 Å². The van der Waals surface area contributed by atoms with Crippen LogP contribution in [-0.4, -0.2) is 18.5 Å². The van der Waals surface area contributed by atoms with Crippen molar-refractivity contribution in [1.29, 1.82) is 0 Å². The van der Waals surface area contributed by atoms with Gasteiger partial charge >= 0.3 is 0 Å². The van der Waals surface area contributed by atoms with Crippen LogP contribution in [0.15, 0.2) is 0 Å². The van der Waals surface area contributed by atoms with Gasteiger partial charge in [-0.2, -0.15) is 0 Å². The van der Waals surface area contributed by atoms with Crippen molar-refractivity contribution < 1.29 is 4.79 Å². The summed E-state index contributed by atoms with van der Waals surface area (Å²) in [7, 11) is 0. The molecule has 1 rings (SSSR count). The molecule has 0 bridgehead atoms. The average Bonchev–Trinajstić information content (AvgIpc) is 2.20. The van der Waals surface area contributed by atoms with Crippen LogP contribution >= 0.6 is 12.4 Å². The molecule has 3 nitrogen and oxygen atoms in total. The largest absolute Gasteiger partial charge is 0.354 e. The van der Waals surface area contributed by atoms with Crippen LogP contribution in [0.3, 0.4) is 0 Å². The second-order valence-electron chi connectivity index (χ2n) is 6.06. The van der Waals surface area contributed by atoms with Crippen molar-refractivity contribution in [1.82, 2.24) is 5.32 Å². The van der Waals surface area contributed by atoms with E-state index in [-0.39, 0.29) is 24.4 Å². The lowest BCUT2D eigenvalue weighted by Crippen LogP contribution is -2.47. The fourth-order valence-corrected chi connectivity index (χ4v) is 2.74. The molecule has 0 saturated heterocycles. The summed E-state index contributed by atoms with van der Waals surface area (Å²) in [6.45, 7) is 7.23. The Morgan fingerprint density at radius 3 is 2.39 bits per heavy atom. The molecule has 0 aromatic carbocycles. The highest BCUT2D eigenvalue weighted by molar-refractivity contribution is 5.85. The maximum Gasteiger partial charge on any atom is 0.236 e. The predicted octanol–water partition coefficient (Wildman–Crippen LogP) is 2.87. The lowest BCUT2D eigenvalue weighted by atomic mass is 9.66. The summed E-state index contributed by atoms with van der Waals surface area (Å²) in [4.78, 5) is 11.8. The smallest absolute Gasteiger partial charge is 0.236 e. The fourth-order valence-electron chi connectivity index (χ4n) is 2.74. The van der Waals surface area contributed by atoms with Crippen LogP contribution < -0.4 is 11.1 Å². The lowest BCUT2D eigenvalue weighted by Gasteiger charge is -2.42. The molecule has 0 radical (unpaired) electrons. The SMILES string of the molecule is CCCC1(CNC(=O)[C@@H](N)CC(C)C)CCC1.Cl. The van der Waals surface area contributed by atoms with Crippen molar-refractivity contribution in [2.45, 2.75) is 65.3 Å². The number of halogens is 1. The molecule has 1 fully saturated rings. The van der Waals surface area contributed by atoms with Gasteiger partial charge in [0.05, 0.1) is 6.04 Å². The summed E-state index contributed by atoms with van der Waals surface area (Å²) >= 11 is 0. The molecule has 108 valence electrons. The number of hydrogen-bond donors (Lipinski definition) is 2. The van der Waals surface area contributed by atoms with Gasteiger partial charge in [0.15, 0.2) is 0 Å². The van der Waals surface area contributed by atoms with Crippen LogP contribution in [0.1, 0.15) is 59.3 Å². The van der Waals surface area contributed by atoms with Crippen molar-refractivity contribution in [3.8, 4) is 0 Å². The number of hydrogen-bond acceptors (Lipinski definition) is 2. The molecule has 1 aliphatic rings. The second-order valence-corrected chi connectivity index (χ2v) is 6.06. The zero-order valence-corrected chi connectivity index (χ0v) is 12.8. The standard InChI is InChI=1S/C14H28N2O.ClH/c1-4-6-14(7-5-8-14)10-16-13(17)12(15)9-11(2)3;/h11-12H,4-10,15H2,1-3H3,(H,16,17);1H/t12-;/m0./s1. The molecule has 0 unspecified atom stereocenters. The summed E-state index contributed by atoms with van der Waals surface area (Å²) in [6, 6.07) is -0.339. The topological polar surface area (TPSA) is 55.1 Å². The quantitative estimate of drug-likeness (QED) is 0.751. The normalized spacial score (nSPS) is 18.7. The first kappa shape index (κ1) is 17.7. The number of carbonyl (C=O) groups is 1. The Labute approximate surface area is 118 Å². The number of nitrogens with two attached hydrogens (primary N) is 1. The molecule has 0 heterocycles. The number of carbonyl (C=O) groups excluding carboxylic acids is 1. The number of amides is 1. The summed E-state index contributed by atoms with van der Waals surface area (Å²) < 4.78 is 0. The van der Waals surface area contributed by atoms with E-state index in [0.29, 0.717) is 11.3 Å². The minimum atomic E-state index is -0.339. The van der Waals surface area contributed by atoms with E-state index in [1.54, 1.807) is 0 Å². The van der Waals surface area contributed by atoms with Crippen LogP contribution in [0.4, 0.5) is 0 Å². The van der Waals surface area contributed by atoms with Gasteiger partial charge in [0, 0.05) is 6.54 Å². The molecular weight excluding hydrogens is 248 g/mol. The van der Waals surface area contributed by atoms with E-state index in [1.807, 2.05) is 0 Å². The molecule has 3 N–H and O–H groups in total. The van der Waals surface area contributed by atoms with Crippen molar-refractivity contribution in [3.05, 3.63) is 0 Å². The maximum atomic E-state index is 11.8. The van der Waals surface area contributed by atoms with Gasteiger partial charge in [-0.05, 0) is 37.0 Å². The monoisotopic (exact) mass is 276 g/mol. The minimum Gasteiger partial charge on any atom is -0.354 e. The highest BCUT2D eigenvalue weighted by Gasteiger charge is 2.36. The van der Waals surface area contributed by atoms with E-state index in [9.17, 15) is 4.79 Å². The Kier molecular flexibility index (Phi) is 7.88. The molecule has 0 aromatic rings. The Morgan fingerprint density at radius 2 is 2.00 bits per heavy atom. The first-order valence-corrected chi connectivity index (χ1v) is 7.02. The van der Waals surface area contributed by atoms with Gasteiger partial charge in [-0.3, -0.25) is 4.79 Å². The van der Waals surface area contributed by atoms with E-state index in [0.717, 1.165) is 13.0 Å². The maximum absolute atomic E-state index is 11.8. The number of nitrogens with one attached hydrogen (secondary N) is 1. The van der Waals surface area contributed by atoms with E-state index in [2.05, 4.69) is 26.1 Å². The highest BCUT2D eigenvalue weighted by atomic mass is 35.5. The lowest BCUT2D eigenvalue weighted by molar-refractivity contribution is -0.123. The van der Waals surface area contributed by atoms with Gasteiger partial charge in [0.25, 0.3) is 0 Å². The molecule has 0 aliphatic heterocycles. The van der Waals surface area contributed by atoms with E-state index >= 15 is 0 Å². The first-order chi connectivity index (χ1) is 7.99. The Hall–Kier alpha value is -0.280. The molecule has 0 aromatic heterocycles. The summed E-state index contributed by atoms with van der Waals surface area (Å²) in [6.07, 6.45) is 7.04. The Balaban J connectivity index is 0.00000289. The van der Waals surface area contributed by atoms with Crippen LogP contribution in [-0.2, 0) is 4.79 Å². The number of rotatable bonds is 7. The van der Waals surface area contributed by atoms with Crippen LogP contribution in [0, 0.1) is 11.3 Å². The molecule has 4 heteroatoms. The van der Waals surface area contributed by atoms with Crippen LogP contribution in [0.5, 0.6) is 0 Å². The summed E-state index contributed by atoms with van der Waals surface area (Å²) in [5.41, 5.74) is 6.26. The molecular formula is C14H29ClN2O. The molecule has 0 spiro atoms. The third-order valence-electron chi connectivity index (χ3n) is 3.89. The van der Waals surface area contributed by atoms with Gasteiger partial charge in [0.1, 0.15) is 0 Å². The molecule has 1 aliphatic carbocycles. The highest BCUT2D eigenvalue weighted by Crippen LogP contribution is 2.44. The zero-order valence-electron chi connectivity index (χ0n) is 12.0. The molecule has 1 saturated carbocycles. The third kappa shape index (κ3) is 5.15. The fraction of sp³-hybridized carbons (Fsp3) is 0.929. The first-order valence-electron chi connectivity index (χ1n) is 7.02. The molecule has 1 atom stereocenters. The van der Waals surface area contributed by atoms with Crippen LogP contribution in [0.2, 0.25) is 0 Å². The van der Waals surface area contributed by atoms with Crippen molar-refractivity contribution in [2.24, 2.45) is 17.1 Å². The van der Waals surface area contributed by atoms with Gasteiger partial charge < -0.3 is 11.1 Å². The average molecular weight is 277 g/mol.